The number of anilines is 1. The van der Waals surface area contributed by atoms with E-state index in [1.165, 1.54) is 23.2 Å². The van der Waals surface area contributed by atoms with Crippen molar-refractivity contribution in [3.8, 4) is 22.7 Å². The quantitative estimate of drug-likeness (QED) is 0.492. The summed E-state index contributed by atoms with van der Waals surface area (Å²) in [5.74, 6) is 0.339. The molecule has 0 radical (unpaired) electrons. The second kappa shape index (κ2) is 8.19. The van der Waals surface area contributed by atoms with Gasteiger partial charge in [0.05, 0.1) is 17.8 Å². The lowest BCUT2D eigenvalue weighted by Crippen LogP contribution is -2.14. The number of thiazole rings is 1. The Morgan fingerprint density at radius 2 is 1.82 bits per heavy atom. The first-order valence-electron chi connectivity index (χ1n) is 9.06. The second-order valence-electron chi connectivity index (χ2n) is 6.32. The van der Waals surface area contributed by atoms with Gasteiger partial charge in [-0.05, 0) is 24.1 Å². The van der Waals surface area contributed by atoms with E-state index in [1.807, 2.05) is 35.7 Å². The van der Waals surface area contributed by atoms with Crippen LogP contribution in [0.5, 0.6) is 0 Å². The Morgan fingerprint density at radius 1 is 1.04 bits per heavy atom. The number of hydrogen-bond acceptors (Lipinski definition) is 5. The van der Waals surface area contributed by atoms with Crippen molar-refractivity contribution in [1.82, 2.24) is 9.97 Å². The van der Waals surface area contributed by atoms with E-state index in [-0.39, 0.29) is 12.3 Å². The number of oxazole rings is 1. The summed E-state index contributed by atoms with van der Waals surface area (Å²) >= 11 is 1.41. The first-order valence-corrected chi connectivity index (χ1v) is 9.94. The molecule has 2 aromatic heterocycles. The number of benzene rings is 2. The van der Waals surface area contributed by atoms with Crippen LogP contribution >= 0.6 is 11.3 Å². The van der Waals surface area contributed by atoms with E-state index >= 15 is 0 Å². The molecule has 2 aromatic carbocycles. The van der Waals surface area contributed by atoms with E-state index in [9.17, 15) is 4.79 Å². The average molecular weight is 389 g/mol. The fourth-order valence-corrected chi connectivity index (χ4v) is 3.54. The third-order valence-corrected chi connectivity index (χ3v) is 5.08. The fraction of sp³-hybridized carbons (Fsp3) is 0.136. The molecular weight excluding hydrogens is 370 g/mol. The summed E-state index contributed by atoms with van der Waals surface area (Å²) in [5.41, 5.74) is 4.65. The summed E-state index contributed by atoms with van der Waals surface area (Å²) in [6.07, 6.45) is 2.66. The smallest absolute Gasteiger partial charge is 0.232 e. The average Bonchev–Trinajstić information content (AvgIpc) is 3.38. The van der Waals surface area contributed by atoms with Crippen LogP contribution in [0.3, 0.4) is 0 Å². The molecule has 140 valence electrons. The number of carbonyl (C=O) groups is 1. The Bertz CT molecular complexity index is 1070. The first-order chi connectivity index (χ1) is 13.7. The Balaban J connectivity index is 1.39. The molecule has 4 rings (SSSR count). The third-order valence-electron chi connectivity index (χ3n) is 4.32. The molecule has 0 aliphatic carbocycles. The fourth-order valence-electron chi connectivity index (χ4n) is 2.80. The van der Waals surface area contributed by atoms with Gasteiger partial charge in [-0.2, -0.15) is 0 Å². The largest absolute Gasteiger partial charge is 0.444 e. The van der Waals surface area contributed by atoms with Crippen molar-refractivity contribution in [3.63, 3.8) is 0 Å². The van der Waals surface area contributed by atoms with Crippen molar-refractivity contribution < 1.29 is 9.21 Å². The number of rotatable bonds is 6. The van der Waals surface area contributed by atoms with Gasteiger partial charge in [-0.25, -0.2) is 9.97 Å². The van der Waals surface area contributed by atoms with Gasteiger partial charge in [0.25, 0.3) is 0 Å². The highest BCUT2D eigenvalue weighted by atomic mass is 32.1. The number of nitrogens with one attached hydrogen (secondary N) is 1. The van der Waals surface area contributed by atoms with Crippen LogP contribution in [0, 0.1) is 0 Å². The number of nitrogens with zero attached hydrogens (tertiary/aromatic N) is 2. The Labute approximate surface area is 167 Å². The highest BCUT2D eigenvalue weighted by Crippen LogP contribution is 2.25. The molecule has 1 N–H and O–H groups in total. The number of amides is 1. The number of hydrogen-bond donors (Lipinski definition) is 1. The second-order valence-corrected chi connectivity index (χ2v) is 7.18. The van der Waals surface area contributed by atoms with E-state index in [2.05, 4.69) is 46.5 Å². The third kappa shape index (κ3) is 4.18. The van der Waals surface area contributed by atoms with Gasteiger partial charge in [0.2, 0.25) is 11.8 Å². The minimum Gasteiger partial charge on any atom is -0.444 e. The zero-order valence-electron chi connectivity index (χ0n) is 15.4. The van der Waals surface area contributed by atoms with Crippen LogP contribution < -0.4 is 5.32 Å². The van der Waals surface area contributed by atoms with Crippen LogP contribution in [-0.2, 0) is 17.6 Å². The molecule has 0 saturated heterocycles. The monoisotopic (exact) mass is 389 g/mol. The van der Waals surface area contributed by atoms with Crippen LogP contribution in [0.2, 0.25) is 0 Å². The van der Waals surface area contributed by atoms with Crippen molar-refractivity contribution in [3.05, 3.63) is 77.5 Å². The normalized spacial score (nSPS) is 10.8. The van der Waals surface area contributed by atoms with Crippen LogP contribution in [0.25, 0.3) is 22.7 Å². The molecule has 0 spiro atoms. The van der Waals surface area contributed by atoms with Crippen LogP contribution in [0.15, 0.2) is 70.7 Å². The molecule has 0 aliphatic heterocycles. The Kier molecular flexibility index (Phi) is 5.30. The van der Waals surface area contributed by atoms with Gasteiger partial charge in [0, 0.05) is 16.5 Å². The maximum absolute atomic E-state index is 12.3. The zero-order valence-corrected chi connectivity index (χ0v) is 16.2. The van der Waals surface area contributed by atoms with Gasteiger partial charge in [0.15, 0.2) is 5.13 Å². The lowest BCUT2D eigenvalue weighted by atomic mass is 10.1. The lowest BCUT2D eigenvalue weighted by Gasteiger charge is -2.00. The molecule has 1 amide bonds. The molecule has 5 nitrogen and oxygen atoms in total. The van der Waals surface area contributed by atoms with Gasteiger partial charge in [-0.3, -0.25) is 4.79 Å². The molecule has 6 heteroatoms. The van der Waals surface area contributed by atoms with Gasteiger partial charge >= 0.3 is 0 Å². The summed E-state index contributed by atoms with van der Waals surface area (Å²) in [4.78, 5) is 21.2. The molecule has 0 atom stereocenters. The topological polar surface area (TPSA) is 68.0 Å². The van der Waals surface area contributed by atoms with Gasteiger partial charge in [0.1, 0.15) is 6.26 Å². The SMILES string of the molecule is CCc1ccc(-c2csc(NC(=O)Cc3coc(-c4ccccc4)n3)n2)cc1. The van der Waals surface area contributed by atoms with Gasteiger partial charge in [-0.15, -0.1) is 11.3 Å². The molecular formula is C22H19N3O2S. The van der Waals surface area contributed by atoms with E-state index < -0.39 is 0 Å². The van der Waals surface area contributed by atoms with E-state index in [4.69, 9.17) is 4.42 Å². The molecule has 0 saturated carbocycles. The maximum atomic E-state index is 12.3. The minimum atomic E-state index is -0.171. The number of aryl methyl sites for hydroxylation is 1. The molecule has 28 heavy (non-hydrogen) atoms. The van der Waals surface area contributed by atoms with Crippen molar-refractivity contribution in [2.45, 2.75) is 19.8 Å². The zero-order chi connectivity index (χ0) is 19.3. The highest BCUT2D eigenvalue weighted by Gasteiger charge is 2.12. The van der Waals surface area contributed by atoms with Gasteiger partial charge in [-0.1, -0.05) is 49.4 Å². The Hall–Kier alpha value is -3.25. The minimum absolute atomic E-state index is 0.135. The maximum Gasteiger partial charge on any atom is 0.232 e. The predicted molar refractivity (Wildman–Crippen MR) is 111 cm³/mol. The molecule has 4 aromatic rings. The van der Waals surface area contributed by atoms with E-state index in [1.54, 1.807) is 0 Å². The Morgan fingerprint density at radius 3 is 2.57 bits per heavy atom. The summed E-state index contributed by atoms with van der Waals surface area (Å²) in [5, 5.41) is 5.36. The van der Waals surface area contributed by atoms with Crippen LogP contribution in [0.1, 0.15) is 18.2 Å². The number of aromatic nitrogens is 2. The van der Waals surface area contributed by atoms with Gasteiger partial charge < -0.3 is 9.73 Å². The molecule has 0 fully saturated rings. The molecule has 2 heterocycles. The van der Waals surface area contributed by atoms with Crippen molar-refractivity contribution in [2.24, 2.45) is 0 Å². The summed E-state index contributed by atoms with van der Waals surface area (Å²) in [6.45, 7) is 2.13. The first kappa shape index (κ1) is 18.1. The van der Waals surface area contributed by atoms with Crippen molar-refractivity contribution in [1.29, 1.82) is 0 Å². The van der Waals surface area contributed by atoms with Crippen LogP contribution in [-0.4, -0.2) is 15.9 Å². The molecule has 0 unspecified atom stereocenters. The molecule has 0 aliphatic rings. The molecule has 0 bridgehead atoms. The summed E-state index contributed by atoms with van der Waals surface area (Å²) in [7, 11) is 0. The highest BCUT2D eigenvalue weighted by molar-refractivity contribution is 7.14. The lowest BCUT2D eigenvalue weighted by molar-refractivity contribution is -0.115. The van der Waals surface area contributed by atoms with Crippen LogP contribution in [0.4, 0.5) is 5.13 Å². The summed E-state index contributed by atoms with van der Waals surface area (Å²) in [6, 6.07) is 17.9. The van der Waals surface area contributed by atoms with Crippen molar-refractivity contribution in [2.75, 3.05) is 5.32 Å². The van der Waals surface area contributed by atoms with E-state index in [0.717, 1.165) is 23.2 Å². The van der Waals surface area contributed by atoms with Crippen molar-refractivity contribution >= 4 is 22.4 Å². The number of carbonyl (C=O) groups excluding carboxylic acids is 1. The van der Waals surface area contributed by atoms with E-state index in [0.29, 0.717) is 16.7 Å². The standard InChI is InChI=1S/C22H19N3O2S/c1-2-15-8-10-16(11-9-15)19-14-28-22(24-19)25-20(26)12-18-13-27-21(23-18)17-6-4-3-5-7-17/h3-11,13-14H,2,12H2,1H3,(H,24,25,26). The predicted octanol–water partition coefficient (Wildman–Crippen LogP) is 5.21. The summed E-state index contributed by atoms with van der Waals surface area (Å²) < 4.78 is 5.48.